The molecule has 0 aromatic carbocycles. The van der Waals surface area contributed by atoms with E-state index in [0.29, 0.717) is 0 Å². The van der Waals surface area contributed by atoms with Gasteiger partial charge in [0, 0.05) is 0 Å². The third-order valence-electron chi connectivity index (χ3n) is 0.526. The van der Waals surface area contributed by atoms with Crippen LogP contribution in [0.5, 0.6) is 0 Å². The van der Waals surface area contributed by atoms with Crippen LogP contribution in [0.1, 0.15) is 13.8 Å². The lowest BCUT2D eigenvalue weighted by Gasteiger charge is -1.94. The van der Waals surface area contributed by atoms with Gasteiger partial charge in [0.15, 0.2) is 0 Å². The zero-order chi connectivity index (χ0) is 5.86. The minimum atomic E-state index is -0.287. The molecule has 0 radical (unpaired) electrons. The van der Waals surface area contributed by atoms with Gasteiger partial charge in [0.2, 0.25) is 0 Å². The van der Waals surface area contributed by atoms with Gasteiger partial charge >= 0.3 is 0 Å². The van der Waals surface area contributed by atoms with Crippen molar-refractivity contribution >= 4 is 0 Å². The molecule has 0 aliphatic rings. The van der Waals surface area contributed by atoms with Crippen LogP contribution in [-0.2, 0) is 0 Å². The van der Waals surface area contributed by atoms with Crippen LogP contribution in [0.4, 0.5) is 0 Å². The molecule has 0 aliphatic heterocycles. The molecular formula is C5H12N2. The first kappa shape index (κ1) is 6.66. The zero-order valence-electron chi connectivity index (χ0n) is 4.81. The second kappa shape index (κ2) is 2.77. The monoisotopic (exact) mass is 100 g/mol. The van der Waals surface area contributed by atoms with Gasteiger partial charge < -0.3 is 11.5 Å². The van der Waals surface area contributed by atoms with E-state index in [2.05, 4.69) is 0 Å². The predicted octanol–water partition coefficient (Wildman–Crippen LogP) is 0.196. The molecule has 0 unspecified atom stereocenters. The second-order valence-electron chi connectivity index (χ2n) is 1.82. The van der Waals surface area contributed by atoms with Crippen molar-refractivity contribution in [3.8, 4) is 0 Å². The number of allylic oxidation sites excluding steroid dienone is 1. The Morgan fingerprint density at radius 1 is 1.43 bits per heavy atom. The largest absolute Gasteiger partial charge is 0.313 e. The molecule has 0 bridgehead atoms. The minimum Gasteiger partial charge on any atom is -0.313 e. The molecule has 42 valence electrons. The lowest BCUT2D eigenvalue weighted by Crippen LogP contribution is -2.27. The molecule has 0 aromatic rings. The highest BCUT2D eigenvalue weighted by atomic mass is 14.8. The van der Waals surface area contributed by atoms with Crippen LogP contribution in [0.2, 0.25) is 0 Å². The van der Waals surface area contributed by atoms with Crippen molar-refractivity contribution in [1.29, 1.82) is 0 Å². The highest BCUT2D eigenvalue weighted by Crippen LogP contribution is 1.85. The van der Waals surface area contributed by atoms with Crippen molar-refractivity contribution in [3.63, 3.8) is 0 Å². The third-order valence-corrected chi connectivity index (χ3v) is 0.526. The molecular weight excluding hydrogens is 88.1 g/mol. The molecule has 2 nitrogen and oxygen atoms in total. The van der Waals surface area contributed by atoms with Gasteiger partial charge in [-0.25, -0.2) is 0 Å². The molecule has 0 saturated heterocycles. The van der Waals surface area contributed by atoms with E-state index in [-0.39, 0.29) is 6.17 Å². The van der Waals surface area contributed by atoms with Gasteiger partial charge in [0.05, 0.1) is 6.17 Å². The van der Waals surface area contributed by atoms with Crippen molar-refractivity contribution in [2.45, 2.75) is 20.0 Å². The van der Waals surface area contributed by atoms with Crippen molar-refractivity contribution in [3.05, 3.63) is 11.6 Å². The van der Waals surface area contributed by atoms with Gasteiger partial charge in [0.25, 0.3) is 0 Å². The Balaban J connectivity index is 3.45. The van der Waals surface area contributed by atoms with Crippen molar-refractivity contribution < 1.29 is 0 Å². The van der Waals surface area contributed by atoms with E-state index in [1.165, 1.54) is 0 Å². The summed E-state index contributed by atoms with van der Waals surface area (Å²) in [6.07, 6.45) is 1.52. The Bertz CT molecular complexity index is 70.1. The maximum absolute atomic E-state index is 5.19. The van der Waals surface area contributed by atoms with E-state index in [4.69, 9.17) is 11.5 Å². The summed E-state index contributed by atoms with van der Waals surface area (Å²) >= 11 is 0. The maximum atomic E-state index is 5.19. The summed E-state index contributed by atoms with van der Waals surface area (Å²) in [4.78, 5) is 0. The van der Waals surface area contributed by atoms with E-state index in [0.717, 1.165) is 5.57 Å². The lowest BCUT2D eigenvalue weighted by atomic mass is 10.3. The SMILES string of the molecule is CC(C)=CC(N)N. The van der Waals surface area contributed by atoms with Gasteiger partial charge in [0.1, 0.15) is 0 Å². The minimum absolute atomic E-state index is 0.287. The fourth-order valence-electron chi connectivity index (χ4n) is 0.385. The standard InChI is InChI=1S/C5H12N2/c1-4(2)3-5(6)7/h3,5H,6-7H2,1-2H3. The fourth-order valence-corrected chi connectivity index (χ4v) is 0.385. The van der Waals surface area contributed by atoms with Crippen LogP contribution in [0, 0.1) is 0 Å². The van der Waals surface area contributed by atoms with Crippen molar-refractivity contribution in [1.82, 2.24) is 0 Å². The molecule has 0 amide bonds. The Hall–Kier alpha value is -0.340. The molecule has 0 fully saturated rings. The molecule has 0 atom stereocenters. The maximum Gasteiger partial charge on any atom is 0.0715 e. The van der Waals surface area contributed by atoms with Gasteiger partial charge in [-0.2, -0.15) is 0 Å². The topological polar surface area (TPSA) is 52.0 Å². The molecule has 0 aromatic heterocycles. The summed E-state index contributed by atoms with van der Waals surface area (Å²) in [6.45, 7) is 3.93. The lowest BCUT2D eigenvalue weighted by molar-refractivity contribution is 0.866. The molecule has 0 aliphatic carbocycles. The third kappa shape index (κ3) is 5.66. The summed E-state index contributed by atoms with van der Waals surface area (Å²) in [5.74, 6) is 0. The number of hydrogen-bond acceptors (Lipinski definition) is 2. The van der Waals surface area contributed by atoms with E-state index in [9.17, 15) is 0 Å². The molecule has 0 rings (SSSR count). The average molecular weight is 100 g/mol. The molecule has 7 heavy (non-hydrogen) atoms. The van der Waals surface area contributed by atoms with Crippen LogP contribution in [-0.4, -0.2) is 6.17 Å². The Labute approximate surface area is 44.2 Å². The number of rotatable bonds is 1. The van der Waals surface area contributed by atoms with Crippen LogP contribution in [0.15, 0.2) is 11.6 Å². The predicted molar refractivity (Wildman–Crippen MR) is 31.6 cm³/mol. The van der Waals surface area contributed by atoms with Crippen molar-refractivity contribution in [2.24, 2.45) is 11.5 Å². The van der Waals surface area contributed by atoms with Gasteiger partial charge in [-0.1, -0.05) is 11.6 Å². The summed E-state index contributed by atoms with van der Waals surface area (Å²) in [6, 6.07) is 0. The van der Waals surface area contributed by atoms with E-state index in [1.807, 2.05) is 13.8 Å². The highest BCUT2D eigenvalue weighted by Gasteiger charge is 1.82. The van der Waals surface area contributed by atoms with E-state index in [1.54, 1.807) is 6.08 Å². The first-order valence-electron chi connectivity index (χ1n) is 2.29. The molecule has 2 heteroatoms. The summed E-state index contributed by atoms with van der Waals surface area (Å²) < 4.78 is 0. The molecule has 4 N–H and O–H groups in total. The van der Waals surface area contributed by atoms with E-state index < -0.39 is 0 Å². The molecule has 0 spiro atoms. The van der Waals surface area contributed by atoms with Crippen LogP contribution >= 0.6 is 0 Å². The number of nitrogens with two attached hydrogens (primary N) is 2. The summed E-state index contributed by atoms with van der Waals surface area (Å²) in [7, 11) is 0. The zero-order valence-corrected chi connectivity index (χ0v) is 4.81. The molecule has 0 heterocycles. The van der Waals surface area contributed by atoms with Crippen LogP contribution in [0.25, 0.3) is 0 Å². The van der Waals surface area contributed by atoms with Gasteiger partial charge in [-0.05, 0) is 13.8 Å². The number of hydrogen-bond donors (Lipinski definition) is 2. The first-order valence-corrected chi connectivity index (χ1v) is 2.29. The summed E-state index contributed by atoms with van der Waals surface area (Å²) in [5, 5.41) is 0. The summed E-state index contributed by atoms with van der Waals surface area (Å²) in [5.41, 5.74) is 11.6. The normalized spacial score (nSPS) is 9.29. The van der Waals surface area contributed by atoms with E-state index >= 15 is 0 Å². The quantitative estimate of drug-likeness (QED) is 0.365. The Kier molecular flexibility index (Phi) is 2.64. The smallest absolute Gasteiger partial charge is 0.0715 e. The van der Waals surface area contributed by atoms with Crippen molar-refractivity contribution in [2.75, 3.05) is 0 Å². The Morgan fingerprint density at radius 2 is 1.86 bits per heavy atom. The fraction of sp³-hybridized carbons (Fsp3) is 0.600. The first-order chi connectivity index (χ1) is 3.13. The Morgan fingerprint density at radius 3 is 1.86 bits per heavy atom. The van der Waals surface area contributed by atoms with Crippen LogP contribution < -0.4 is 11.5 Å². The average Bonchev–Trinajstić information content (AvgIpc) is 1.27. The molecule has 0 saturated carbocycles. The van der Waals surface area contributed by atoms with Crippen LogP contribution in [0.3, 0.4) is 0 Å². The van der Waals surface area contributed by atoms with Gasteiger partial charge in [-0.3, -0.25) is 0 Å². The second-order valence-corrected chi connectivity index (χ2v) is 1.82. The highest BCUT2D eigenvalue weighted by molar-refractivity contribution is 4.97. The van der Waals surface area contributed by atoms with Gasteiger partial charge in [-0.15, -0.1) is 0 Å².